The van der Waals surface area contributed by atoms with Gasteiger partial charge in [-0.1, -0.05) is 78.9 Å². The largest absolute Gasteiger partial charge is 0.309 e. The van der Waals surface area contributed by atoms with Gasteiger partial charge in [0.05, 0.1) is 34.3 Å². The Morgan fingerprint density at radius 2 is 0.902 bits per heavy atom. The first kappa shape index (κ1) is 24.2. The summed E-state index contributed by atoms with van der Waals surface area (Å²) in [5.41, 5.74) is 10.5. The molecule has 1 aromatic heterocycles. The highest BCUT2D eigenvalue weighted by Crippen LogP contribution is 2.37. The van der Waals surface area contributed by atoms with Crippen molar-refractivity contribution < 1.29 is 0 Å². The van der Waals surface area contributed by atoms with Crippen LogP contribution in [-0.4, -0.2) is 4.57 Å². The first-order valence-electron chi connectivity index (χ1n) is 13.5. The number of fused-ring (bicyclic) bond motifs is 3. The fourth-order valence-corrected chi connectivity index (χ4v) is 5.70. The van der Waals surface area contributed by atoms with Gasteiger partial charge in [0.15, 0.2) is 0 Å². The third-order valence-electron chi connectivity index (χ3n) is 7.58. The van der Waals surface area contributed by atoms with Gasteiger partial charge < -0.3 is 4.57 Å². The van der Waals surface area contributed by atoms with Crippen molar-refractivity contribution in [3.05, 3.63) is 151 Å². The van der Waals surface area contributed by atoms with E-state index in [0.717, 1.165) is 50.1 Å². The van der Waals surface area contributed by atoms with Crippen molar-refractivity contribution >= 4 is 21.8 Å². The second kappa shape index (κ2) is 10.0. The van der Waals surface area contributed by atoms with Crippen LogP contribution in [0.25, 0.3) is 60.9 Å². The third kappa shape index (κ3) is 4.33. The van der Waals surface area contributed by atoms with E-state index >= 15 is 0 Å². The lowest BCUT2D eigenvalue weighted by Gasteiger charge is -2.14. The minimum atomic E-state index is 0.595. The van der Waals surface area contributed by atoms with E-state index in [9.17, 15) is 10.5 Å². The standard InChI is InChI=1S/C38H23N3/c39-24-26-9-8-12-29(17-26)32-20-31(28-10-2-1-3-11-28)21-33(22-32)30-18-27(25-40)19-34(23-30)41-37-15-6-4-13-35(37)36-14-5-7-16-38(36)41/h1-23H. The SMILES string of the molecule is N#Cc1cccc(-c2cc(-c3ccccc3)cc(-c3cc(C#N)cc(-n4c5ccccc5c5ccccc54)c3)c2)c1. The van der Waals surface area contributed by atoms with E-state index in [1.54, 1.807) is 0 Å². The molecule has 7 rings (SSSR count). The first-order valence-corrected chi connectivity index (χ1v) is 13.5. The van der Waals surface area contributed by atoms with E-state index in [-0.39, 0.29) is 0 Å². The van der Waals surface area contributed by atoms with Crippen molar-refractivity contribution in [3.63, 3.8) is 0 Å². The summed E-state index contributed by atoms with van der Waals surface area (Å²) in [4.78, 5) is 0. The molecule has 41 heavy (non-hydrogen) atoms. The maximum atomic E-state index is 10.1. The Morgan fingerprint density at radius 3 is 1.56 bits per heavy atom. The molecule has 0 spiro atoms. The van der Waals surface area contributed by atoms with Gasteiger partial charge in [-0.2, -0.15) is 10.5 Å². The van der Waals surface area contributed by atoms with Crippen LogP contribution in [0.5, 0.6) is 0 Å². The summed E-state index contributed by atoms with van der Waals surface area (Å²) in [5, 5.41) is 22.0. The Morgan fingerprint density at radius 1 is 0.390 bits per heavy atom. The van der Waals surface area contributed by atoms with Gasteiger partial charge in [0.1, 0.15) is 0 Å². The quantitative estimate of drug-likeness (QED) is 0.232. The van der Waals surface area contributed by atoms with E-state index in [4.69, 9.17) is 0 Å². The molecule has 1 heterocycles. The fraction of sp³-hybridized carbons (Fsp3) is 0. The molecule has 0 unspecified atom stereocenters. The van der Waals surface area contributed by atoms with Gasteiger partial charge in [0, 0.05) is 16.5 Å². The number of hydrogen-bond donors (Lipinski definition) is 0. The molecule has 3 nitrogen and oxygen atoms in total. The maximum Gasteiger partial charge on any atom is 0.0992 e. The van der Waals surface area contributed by atoms with Crippen LogP contribution < -0.4 is 0 Å². The van der Waals surface area contributed by atoms with Crippen LogP contribution in [0, 0.1) is 22.7 Å². The number of nitriles is 2. The average molecular weight is 522 g/mol. The van der Waals surface area contributed by atoms with Crippen molar-refractivity contribution in [2.75, 3.05) is 0 Å². The van der Waals surface area contributed by atoms with Crippen LogP contribution in [0.1, 0.15) is 11.1 Å². The van der Waals surface area contributed by atoms with Gasteiger partial charge in [-0.25, -0.2) is 0 Å². The molecule has 190 valence electrons. The average Bonchev–Trinajstić information content (AvgIpc) is 3.39. The summed E-state index contributed by atoms with van der Waals surface area (Å²) in [6, 6.07) is 52.0. The zero-order valence-electron chi connectivity index (χ0n) is 22.1. The Kier molecular flexibility index (Phi) is 5.90. The first-order chi connectivity index (χ1) is 20.2. The molecule has 0 saturated heterocycles. The Labute approximate surface area is 238 Å². The molecule has 0 aliphatic rings. The van der Waals surface area contributed by atoms with Crippen LogP contribution in [0.3, 0.4) is 0 Å². The Bertz CT molecular complexity index is 2120. The summed E-state index contributed by atoms with van der Waals surface area (Å²) in [6.45, 7) is 0. The Hall–Kier alpha value is -5.90. The van der Waals surface area contributed by atoms with Crippen molar-refractivity contribution in [1.82, 2.24) is 4.57 Å². The number of rotatable bonds is 4. The van der Waals surface area contributed by atoms with Gasteiger partial charge in [0.25, 0.3) is 0 Å². The summed E-state index contributed by atoms with van der Waals surface area (Å²) < 4.78 is 2.24. The molecule has 0 atom stereocenters. The normalized spacial score (nSPS) is 10.9. The number of hydrogen-bond acceptors (Lipinski definition) is 2. The lowest BCUT2D eigenvalue weighted by Crippen LogP contribution is -1.96. The van der Waals surface area contributed by atoms with E-state index in [1.165, 1.54) is 10.8 Å². The minimum absolute atomic E-state index is 0.595. The second-order valence-corrected chi connectivity index (χ2v) is 10.1. The molecular weight excluding hydrogens is 498 g/mol. The van der Waals surface area contributed by atoms with Crippen LogP contribution in [0.15, 0.2) is 140 Å². The number of para-hydroxylation sites is 2. The number of aromatic nitrogens is 1. The molecule has 0 N–H and O–H groups in total. The summed E-state index contributed by atoms with van der Waals surface area (Å²) in [5.74, 6) is 0. The molecule has 0 aliphatic carbocycles. The van der Waals surface area contributed by atoms with Gasteiger partial charge in [-0.05, 0) is 94.0 Å². The van der Waals surface area contributed by atoms with Crippen LogP contribution in [-0.2, 0) is 0 Å². The van der Waals surface area contributed by atoms with E-state index in [0.29, 0.717) is 11.1 Å². The molecule has 6 aromatic carbocycles. The van der Waals surface area contributed by atoms with E-state index in [2.05, 4.69) is 102 Å². The van der Waals surface area contributed by atoms with Gasteiger partial charge in [-0.3, -0.25) is 0 Å². The third-order valence-corrected chi connectivity index (χ3v) is 7.58. The molecule has 0 saturated carbocycles. The minimum Gasteiger partial charge on any atom is -0.309 e. The molecule has 7 aromatic rings. The molecule has 0 radical (unpaired) electrons. The lowest BCUT2D eigenvalue weighted by atomic mass is 9.92. The summed E-state index contributed by atoms with van der Waals surface area (Å²) in [7, 11) is 0. The smallest absolute Gasteiger partial charge is 0.0992 e. The van der Waals surface area contributed by atoms with Crippen LogP contribution in [0.4, 0.5) is 0 Å². The van der Waals surface area contributed by atoms with Crippen LogP contribution in [0.2, 0.25) is 0 Å². The van der Waals surface area contributed by atoms with Crippen molar-refractivity contribution in [1.29, 1.82) is 10.5 Å². The maximum absolute atomic E-state index is 10.1. The molecular formula is C38H23N3. The second-order valence-electron chi connectivity index (χ2n) is 10.1. The number of benzene rings is 6. The van der Waals surface area contributed by atoms with Crippen molar-refractivity contribution in [3.8, 4) is 51.2 Å². The van der Waals surface area contributed by atoms with Gasteiger partial charge in [0.2, 0.25) is 0 Å². The zero-order chi connectivity index (χ0) is 27.8. The highest BCUT2D eigenvalue weighted by Gasteiger charge is 2.15. The van der Waals surface area contributed by atoms with E-state index < -0.39 is 0 Å². The van der Waals surface area contributed by atoms with Crippen molar-refractivity contribution in [2.45, 2.75) is 0 Å². The van der Waals surface area contributed by atoms with Crippen molar-refractivity contribution in [2.24, 2.45) is 0 Å². The molecule has 0 aliphatic heterocycles. The predicted molar refractivity (Wildman–Crippen MR) is 167 cm³/mol. The molecule has 3 heteroatoms. The highest BCUT2D eigenvalue weighted by atomic mass is 15.0. The fourth-order valence-electron chi connectivity index (χ4n) is 5.70. The topological polar surface area (TPSA) is 52.5 Å². The van der Waals surface area contributed by atoms with Gasteiger partial charge >= 0.3 is 0 Å². The molecule has 0 fully saturated rings. The number of nitrogens with zero attached hydrogens (tertiary/aromatic N) is 3. The van der Waals surface area contributed by atoms with E-state index in [1.807, 2.05) is 54.6 Å². The van der Waals surface area contributed by atoms with Crippen LogP contribution >= 0.6 is 0 Å². The summed E-state index contributed by atoms with van der Waals surface area (Å²) in [6.07, 6.45) is 0. The van der Waals surface area contributed by atoms with Gasteiger partial charge in [-0.15, -0.1) is 0 Å². The molecule has 0 amide bonds. The highest BCUT2D eigenvalue weighted by molar-refractivity contribution is 6.09. The Balaban J connectivity index is 1.48. The zero-order valence-corrected chi connectivity index (χ0v) is 22.1. The predicted octanol–water partition coefficient (Wildman–Crippen LogP) is 9.53. The monoisotopic (exact) mass is 521 g/mol. The molecule has 0 bridgehead atoms. The lowest BCUT2D eigenvalue weighted by molar-refractivity contribution is 1.18. The summed E-state index contributed by atoms with van der Waals surface area (Å²) >= 11 is 0.